The molecular formula is C54H33NS. The fourth-order valence-electron chi connectivity index (χ4n) is 9.34. The van der Waals surface area contributed by atoms with Crippen LogP contribution in [0, 0.1) is 0 Å². The average molecular weight is 728 g/mol. The van der Waals surface area contributed by atoms with Crippen LogP contribution in [0.5, 0.6) is 0 Å². The van der Waals surface area contributed by atoms with Gasteiger partial charge in [0.25, 0.3) is 0 Å². The molecule has 1 heterocycles. The Labute approximate surface area is 327 Å². The molecular weight excluding hydrogens is 695 g/mol. The third kappa shape index (κ3) is 4.67. The highest BCUT2D eigenvalue weighted by molar-refractivity contribution is 7.25. The SMILES string of the molecule is c1cc(-c2cccc3sc4ccccc4c23)cc(N(c2ccc3c4ccccc4c4ccccc4c3c2)c2ccc3c4ccccc4c4ccccc4c3c2)c1. The summed E-state index contributed by atoms with van der Waals surface area (Å²) in [4.78, 5) is 2.46. The molecule has 11 aromatic carbocycles. The molecule has 56 heavy (non-hydrogen) atoms. The molecule has 0 saturated carbocycles. The third-order valence-electron chi connectivity index (χ3n) is 11.8. The summed E-state index contributed by atoms with van der Waals surface area (Å²) in [6, 6.07) is 74.1. The molecule has 0 atom stereocenters. The van der Waals surface area contributed by atoms with Crippen molar-refractivity contribution in [2.24, 2.45) is 0 Å². The lowest BCUT2D eigenvalue weighted by Gasteiger charge is -2.27. The number of nitrogens with zero attached hydrogens (tertiary/aromatic N) is 1. The lowest BCUT2D eigenvalue weighted by Crippen LogP contribution is -2.10. The maximum atomic E-state index is 2.46. The minimum Gasteiger partial charge on any atom is -0.310 e. The first-order chi connectivity index (χ1) is 27.8. The van der Waals surface area contributed by atoms with E-state index in [0.29, 0.717) is 0 Å². The van der Waals surface area contributed by atoms with Crippen LogP contribution in [-0.4, -0.2) is 0 Å². The predicted molar refractivity (Wildman–Crippen MR) is 244 cm³/mol. The summed E-state index contributed by atoms with van der Waals surface area (Å²) in [5, 5.41) is 17.9. The van der Waals surface area contributed by atoms with E-state index in [1.807, 2.05) is 11.3 Å². The quantitative estimate of drug-likeness (QED) is 0.163. The van der Waals surface area contributed by atoms with Gasteiger partial charge in [0.2, 0.25) is 0 Å². The number of hydrogen-bond donors (Lipinski definition) is 0. The van der Waals surface area contributed by atoms with Crippen molar-refractivity contribution in [3.8, 4) is 11.1 Å². The van der Waals surface area contributed by atoms with E-state index in [2.05, 4.69) is 205 Å². The van der Waals surface area contributed by atoms with E-state index in [1.165, 1.54) is 95.9 Å². The monoisotopic (exact) mass is 727 g/mol. The highest BCUT2D eigenvalue weighted by Crippen LogP contribution is 2.45. The minimum atomic E-state index is 1.12. The van der Waals surface area contributed by atoms with Gasteiger partial charge >= 0.3 is 0 Å². The van der Waals surface area contributed by atoms with Crippen LogP contribution >= 0.6 is 11.3 Å². The fourth-order valence-corrected chi connectivity index (χ4v) is 10.5. The molecule has 0 bridgehead atoms. The largest absolute Gasteiger partial charge is 0.310 e. The molecule has 0 unspecified atom stereocenters. The summed E-state index contributed by atoms with van der Waals surface area (Å²) in [5.41, 5.74) is 5.83. The number of thiophene rings is 1. The van der Waals surface area contributed by atoms with Crippen LogP contribution in [0.15, 0.2) is 200 Å². The molecule has 0 amide bonds. The van der Waals surface area contributed by atoms with Crippen LogP contribution in [0.25, 0.3) is 95.9 Å². The first-order valence-corrected chi connectivity index (χ1v) is 20.1. The van der Waals surface area contributed by atoms with Crippen molar-refractivity contribution >= 4 is 113 Å². The van der Waals surface area contributed by atoms with E-state index in [9.17, 15) is 0 Å². The first-order valence-electron chi connectivity index (χ1n) is 19.3. The van der Waals surface area contributed by atoms with Crippen molar-refractivity contribution in [2.75, 3.05) is 4.90 Å². The molecule has 0 N–H and O–H groups in total. The maximum absolute atomic E-state index is 2.46. The Balaban J connectivity index is 1.14. The lowest BCUT2D eigenvalue weighted by atomic mass is 9.93. The van der Waals surface area contributed by atoms with Crippen molar-refractivity contribution < 1.29 is 0 Å². The molecule has 0 aliphatic rings. The second-order valence-corrected chi connectivity index (χ2v) is 15.9. The highest BCUT2D eigenvalue weighted by atomic mass is 32.1. The van der Waals surface area contributed by atoms with Gasteiger partial charge in [-0.05, 0) is 124 Å². The summed E-state index contributed by atoms with van der Waals surface area (Å²) in [6.07, 6.45) is 0. The summed E-state index contributed by atoms with van der Waals surface area (Å²) < 4.78 is 2.63. The van der Waals surface area contributed by atoms with E-state index in [0.717, 1.165) is 17.1 Å². The van der Waals surface area contributed by atoms with Gasteiger partial charge in [-0.15, -0.1) is 11.3 Å². The Morgan fingerprint density at radius 3 is 1.18 bits per heavy atom. The van der Waals surface area contributed by atoms with Crippen LogP contribution in [0.1, 0.15) is 0 Å². The van der Waals surface area contributed by atoms with Gasteiger partial charge in [0.1, 0.15) is 0 Å². The van der Waals surface area contributed by atoms with Crippen molar-refractivity contribution in [1.29, 1.82) is 0 Å². The molecule has 0 radical (unpaired) electrons. The van der Waals surface area contributed by atoms with Crippen LogP contribution in [0.2, 0.25) is 0 Å². The van der Waals surface area contributed by atoms with Crippen molar-refractivity contribution in [3.05, 3.63) is 200 Å². The third-order valence-corrected chi connectivity index (χ3v) is 12.9. The predicted octanol–water partition coefficient (Wildman–Crippen LogP) is 16.1. The van der Waals surface area contributed by atoms with Gasteiger partial charge in [-0.3, -0.25) is 0 Å². The first kappa shape index (κ1) is 31.4. The second-order valence-electron chi connectivity index (χ2n) is 14.8. The van der Waals surface area contributed by atoms with Gasteiger partial charge in [0, 0.05) is 37.2 Å². The zero-order chi connectivity index (χ0) is 36.7. The number of rotatable bonds is 4. The molecule has 12 aromatic rings. The maximum Gasteiger partial charge on any atom is 0.0468 e. The fraction of sp³-hybridized carbons (Fsp3) is 0. The van der Waals surface area contributed by atoms with Crippen molar-refractivity contribution in [3.63, 3.8) is 0 Å². The van der Waals surface area contributed by atoms with Crippen molar-refractivity contribution in [2.45, 2.75) is 0 Å². The number of benzene rings is 11. The van der Waals surface area contributed by atoms with E-state index in [1.54, 1.807) is 0 Å². The van der Waals surface area contributed by atoms with E-state index in [4.69, 9.17) is 0 Å². The molecule has 0 fully saturated rings. The standard InChI is InChI=1S/C54H33NS/c1-3-19-43-39(15-1)41-17-5-7-21-45(41)50-32-36(27-29-47(43)50)55(37-28-30-48-44-20-4-2-16-40(44)42-18-6-8-22-46(42)51(48)33-37)35-14-11-13-34(31-35)38-24-12-26-53-54(38)49-23-9-10-25-52(49)56-53/h1-33H. The van der Waals surface area contributed by atoms with Crippen molar-refractivity contribution in [1.82, 2.24) is 0 Å². The van der Waals surface area contributed by atoms with Crippen LogP contribution < -0.4 is 4.90 Å². The Bertz CT molecular complexity index is 3330. The molecule has 1 aromatic heterocycles. The molecule has 12 rings (SSSR count). The minimum absolute atomic E-state index is 1.12. The van der Waals surface area contributed by atoms with Crippen LogP contribution in [0.3, 0.4) is 0 Å². The Morgan fingerprint density at radius 2 is 0.661 bits per heavy atom. The van der Waals surface area contributed by atoms with Gasteiger partial charge in [0.05, 0.1) is 0 Å². The highest BCUT2D eigenvalue weighted by Gasteiger charge is 2.19. The smallest absolute Gasteiger partial charge is 0.0468 e. The topological polar surface area (TPSA) is 3.24 Å². The number of hydrogen-bond acceptors (Lipinski definition) is 2. The Hall–Kier alpha value is -7.00. The summed E-state index contributed by atoms with van der Waals surface area (Å²) in [6.45, 7) is 0. The van der Waals surface area contributed by atoms with E-state index < -0.39 is 0 Å². The van der Waals surface area contributed by atoms with Crippen LogP contribution in [-0.2, 0) is 0 Å². The molecule has 260 valence electrons. The number of fused-ring (bicyclic) bond motifs is 15. The van der Waals surface area contributed by atoms with Crippen LogP contribution in [0.4, 0.5) is 17.1 Å². The van der Waals surface area contributed by atoms with Gasteiger partial charge < -0.3 is 4.90 Å². The molecule has 1 nitrogen and oxygen atoms in total. The summed E-state index contributed by atoms with van der Waals surface area (Å²) in [7, 11) is 0. The van der Waals surface area contributed by atoms with Gasteiger partial charge in [-0.25, -0.2) is 0 Å². The zero-order valence-corrected chi connectivity index (χ0v) is 31.2. The number of anilines is 3. The summed E-state index contributed by atoms with van der Waals surface area (Å²) in [5.74, 6) is 0. The molecule has 0 aliphatic heterocycles. The Morgan fingerprint density at radius 1 is 0.268 bits per heavy atom. The lowest BCUT2D eigenvalue weighted by molar-refractivity contribution is 1.30. The van der Waals surface area contributed by atoms with Gasteiger partial charge in [-0.2, -0.15) is 0 Å². The Kier molecular flexibility index (Phi) is 6.87. The van der Waals surface area contributed by atoms with E-state index in [-0.39, 0.29) is 0 Å². The van der Waals surface area contributed by atoms with Gasteiger partial charge in [-0.1, -0.05) is 152 Å². The second kappa shape index (κ2) is 12.3. The molecule has 0 saturated heterocycles. The summed E-state index contributed by atoms with van der Waals surface area (Å²) >= 11 is 1.87. The normalized spacial score (nSPS) is 11.9. The zero-order valence-electron chi connectivity index (χ0n) is 30.4. The van der Waals surface area contributed by atoms with Gasteiger partial charge in [0.15, 0.2) is 0 Å². The average Bonchev–Trinajstić information content (AvgIpc) is 3.66. The molecule has 2 heteroatoms. The molecule has 0 spiro atoms. The van der Waals surface area contributed by atoms with E-state index >= 15 is 0 Å². The molecule has 0 aliphatic carbocycles.